The number of hydrogen-bond donors (Lipinski definition) is 1. The maximum atomic E-state index is 12.9. The molecule has 0 aliphatic heterocycles. The summed E-state index contributed by atoms with van der Waals surface area (Å²) >= 11 is 0. The second kappa shape index (κ2) is 5.50. The molecule has 0 unspecified atom stereocenters. The van der Waals surface area contributed by atoms with Gasteiger partial charge < -0.3 is 9.52 Å². The van der Waals surface area contributed by atoms with Crippen LogP contribution in [0, 0.1) is 19.8 Å². The van der Waals surface area contributed by atoms with E-state index in [2.05, 4.69) is 0 Å². The van der Waals surface area contributed by atoms with Crippen molar-refractivity contribution in [3.8, 4) is 0 Å². The fraction of sp³-hybridized carbons (Fsp3) is 0.714. The molecule has 0 spiro atoms. The highest BCUT2D eigenvalue weighted by atomic mass is 32.2. The van der Waals surface area contributed by atoms with Crippen LogP contribution in [-0.2, 0) is 16.6 Å². The Morgan fingerprint density at radius 2 is 1.90 bits per heavy atom. The van der Waals surface area contributed by atoms with Gasteiger partial charge in [0.05, 0.1) is 6.61 Å². The summed E-state index contributed by atoms with van der Waals surface area (Å²) in [4.78, 5) is 0.145. The maximum Gasteiger partial charge on any atom is 0.247 e. The number of hydrogen-bond acceptors (Lipinski definition) is 4. The number of aliphatic hydroxyl groups excluding tert-OH is 1. The van der Waals surface area contributed by atoms with Crippen LogP contribution in [0.3, 0.4) is 0 Å². The fourth-order valence-electron chi connectivity index (χ4n) is 2.49. The minimum Gasteiger partial charge on any atom is -0.465 e. The average molecular weight is 301 g/mol. The van der Waals surface area contributed by atoms with Crippen molar-refractivity contribution >= 4 is 10.0 Å². The van der Waals surface area contributed by atoms with Gasteiger partial charge in [0.2, 0.25) is 10.0 Å². The first kappa shape index (κ1) is 15.5. The summed E-state index contributed by atoms with van der Waals surface area (Å²) in [5.41, 5.74) is 0.379. The molecule has 0 saturated heterocycles. The molecule has 0 atom stereocenters. The molecule has 1 saturated carbocycles. The lowest BCUT2D eigenvalue weighted by Crippen LogP contribution is -2.39. The van der Waals surface area contributed by atoms with E-state index in [1.54, 1.807) is 13.8 Å². The van der Waals surface area contributed by atoms with E-state index < -0.39 is 10.0 Å². The van der Waals surface area contributed by atoms with Crippen LogP contribution in [0.1, 0.15) is 43.8 Å². The van der Waals surface area contributed by atoms with Gasteiger partial charge in [-0.3, -0.25) is 0 Å². The highest BCUT2D eigenvalue weighted by Crippen LogP contribution is 2.35. The van der Waals surface area contributed by atoms with E-state index in [-0.39, 0.29) is 17.5 Å². The highest BCUT2D eigenvalue weighted by Gasteiger charge is 2.37. The molecule has 1 fully saturated rings. The third-order valence-corrected chi connectivity index (χ3v) is 6.00. The number of rotatable bonds is 6. The predicted octanol–water partition coefficient (Wildman–Crippen LogP) is 2.20. The summed E-state index contributed by atoms with van der Waals surface area (Å²) < 4.78 is 32.7. The zero-order valence-electron chi connectivity index (χ0n) is 12.5. The molecule has 114 valence electrons. The first-order valence-electron chi connectivity index (χ1n) is 7.00. The summed E-state index contributed by atoms with van der Waals surface area (Å²) in [7, 11) is -3.63. The molecular weight excluding hydrogens is 278 g/mol. The van der Waals surface area contributed by atoms with Gasteiger partial charge in [-0.05, 0) is 46.5 Å². The van der Waals surface area contributed by atoms with Crippen molar-refractivity contribution in [2.24, 2.45) is 5.92 Å². The standard InChI is InChI=1S/C14H23NO4S/c1-9(2)15(7-12-5-6-12)20(17,18)14-11(4)19-10(3)13(14)8-16/h9,12,16H,5-8H2,1-4H3. The van der Waals surface area contributed by atoms with Crippen LogP contribution in [0.4, 0.5) is 0 Å². The molecule has 1 N–H and O–H groups in total. The van der Waals surface area contributed by atoms with Crippen LogP contribution in [0.5, 0.6) is 0 Å². The van der Waals surface area contributed by atoms with E-state index in [1.807, 2.05) is 13.8 Å². The van der Waals surface area contributed by atoms with Crippen molar-refractivity contribution < 1.29 is 17.9 Å². The van der Waals surface area contributed by atoms with Crippen molar-refractivity contribution in [1.82, 2.24) is 4.31 Å². The molecule has 20 heavy (non-hydrogen) atoms. The van der Waals surface area contributed by atoms with Crippen LogP contribution in [0.15, 0.2) is 9.31 Å². The monoisotopic (exact) mass is 301 g/mol. The number of aliphatic hydroxyl groups is 1. The molecule has 0 bridgehead atoms. The number of aryl methyl sites for hydroxylation is 2. The Morgan fingerprint density at radius 1 is 1.30 bits per heavy atom. The molecule has 1 aromatic rings. The Labute approximate surface area is 120 Å². The lowest BCUT2D eigenvalue weighted by atomic mass is 10.2. The summed E-state index contributed by atoms with van der Waals surface area (Å²) in [5, 5.41) is 9.45. The van der Waals surface area contributed by atoms with Crippen molar-refractivity contribution in [2.75, 3.05) is 6.54 Å². The SMILES string of the molecule is Cc1oc(C)c(S(=O)(=O)N(CC2CC2)C(C)C)c1CO. The van der Waals surface area contributed by atoms with Crippen LogP contribution in [0.2, 0.25) is 0 Å². The molecule has 0 aromatic carbocycles. The zero-order chi connectivity index (χ0) is 15.1. The smallest absolute Gasteiger partial charge is 0.247 e. The van der Waals surface area contributed by atoms with Gasteiger partial charge in [-0.2, -0.15) is 4.31 Å². The van der Waals surface area contributed by atoms with Gasteiger partial charge in [-0.15, -0.1) is 0 Å². The number of sulfonamides is 1. The fourth-order valence-corrected chi connectivity index (χ4v) is 4.61. The van der Waals surface area contributed by atoms with Gasteiger partial charge in [0, 0.05) is 18.2 Å². The molecule has 1 aliphatic rings. The Balaban J connectivity index is 2.46. The first-order chi connectivity index (χ1) is 9.28. The van der Waals surface area contributed by atoms with E-state index in [4.69, 9.17) is 4.42 Å². The molecule has 5 nitrogen and oxygen atoms in total. The van der Waals surface area contributed by atoms with Gasteiger partial charge in [0.1, 0.15) is 16.4 Å². The van der Waals surface area contributed by atoms with E-state index >= 15 is 0 Å². The van der Waals surface area contributed by atoms with Crippen LogP contribution < -0.4 is 0 Å². The summed E-state index contributed by atoms with van der Waals surface area (Å²) in [6, 6.07) is -0.109. The molecule has 6 heteroatoms. The van der Waals surface area contributed by atoms with E-state index in [0.717, 1.165) is 12.8 Å². The topological polar surface area (TPSA) is 70.8 Å². The van der Waals surface area contributed by atoms with Crippen molar-refractivity contribution in [1.29, 1.82) is 0 Å². The third-order valence-electron chi connectivity index (χ3n) is 3.76. The zero-order valence-corrected chi connectivity index (χ0v) is 13.3. The number of furan rings is 1. The predicted molar refractivity (Wildman–Crippen MR) is 75.9 cm³/mol. The summed E-state index contributed by atoms with van der Waals surface area (Å²) in [6.45, 7) is 7.29. The molecule has 1 aliphatic carbocycles. The minimum absolute atomic E-state index is 0.109. The van der Waals surface area contributed by atoms with E-state index in [0.29, 0.717) is 29.5 Å². The minimum atomic E-state index is -3.63. The van der Waals surface area contributed by atoms with E-state index in [9.17, 15) is 13.5 Å². The Kier molecular flexibility index (Phi) is 4.27. The Bertz CT molecular complexity index is 585. The molecular formula is C14H23NO4S. The second-order valence-corrected chi connectivity index (χ2v) is 7.62. The van der Waals surface area contributed by atoms with E-state index in [1.165, 1.54) is 4.31 Å². The van der Waals surface area contributed by atoms with Gasteiger partial charge in [0.15, 0.2) is 0 Å². The quantitative estimate of drug-likeness (QED) is 0.874. The Morgan fingerprint density at radius 3 is 2.35 bits per heavy atom. The van der Waals surface area contributed by atoms with Crippen molar-refractivity contribution in [3.05, 3.63) is 17.1 Å². The Hall–Kier alpha value is -0.850. The van der Waals surface area contributed by atoms with Gasteiger partial charge in [-0.1, -0.05) is 0 Å². The largest absolute Gasteiger partial charge is 0.465 e. The molecule has 0 amide bonds. The van der Waals surface area contributed by atoms with Crippen molar-refractivity contribution in [2.45, 2.75) is 58.1 Å². The summed E-state index contributed by atoms with van der Waals surface area (Å²) in [6.07, 6.45) is 2.18. The van der Waals surface area contributed by atoms with Gasteiger partial charge in [0.25, 0.3) is 0 Å². The third kappa shape index (κ3) is 2.77. The highest BCUT2D eigenvalue weighted by molar-refractivity contribution is 7.89. The van der Waals surface area contributed by atoms with Crippen LogP contribution in [-0.4, -0.2) is 30.4 Å². The maximum absolute atomic E-state index is 12.9. The second-order valence-electron chi connectivity index (χ2n) is 5.79. The lowest BCUT2D eigenvalue weighted by Gasteiger charge is -2.26. The molecule has 1 aromatic heterocycles. The number of nitrogens with zero attached hydrogens (tertiary/aromatic N) is 1. The molecule has 1 heterocycles. The van der Waals surface area contributed by atoms with Gasteiger partial charge in [-0.25, -0.2) is 8.42 Å². The van der Waals surface area contributed by atoms with Crippen LogP contribution >= 0.6 is 0 Å². The normalized spacial score (nSPS) is 16.4. The summed E-state index contributed by atoms with van der Waals surface area (Å²) in [5.74, 6) is 1.30. The molecule has 0 radical (unpaired) electrons. The van der Waals surface area contributed by atoms with Gasteiger partial charge >= 0.3 is 0 Å². The van der Waals surface area contributed by atoms with Crippen LogP contribution in [0.25, 0.3) is 0 Å². The first-order valence-corrected chi connectivity index (χ1v) is 8.44. The lowest BCUT2D eigenvalue weighted by molar-refractivity contribution is 0.275. The average Bonchev–Trinajstić information content (AvgIpc) is 3.10. The van der Waals surface area contributed by atoms with Crippen molar-refractivity contribution in [3.63, 3.8) is 0 Å². The molecule has 2 rings (SSSR count).